The van der Waals surface area contributed by atoms with Gasteiger partial charge in [0.05, 0.1) is 17.8 Å². The molecule has 0 amide bonds. The Morgan fingerprint density at radius 2 is 1.88 bits per heavy atom. The van der Waals surface area contributed by atoms with Crippen molar-refractivity contribution in [1.29, 1.82) is 0 Å². The second-order valence-electron chi connectivity index (χ2n) is 5.06. The van der Waals surface area contributed by atoms with E-state index in [1.165, 1.54) is 17.4 Å². The van der Waals surface area contributed by atoms with Crippen molar-refractivity contribution < 1.29 is 17.9 Å². The standard InChI is InChI=1S/C17H12ClF3N2OS/c18-16-23-10-13(25-16)9-22-14-8-11(17(19,20)21)6-7-15(14)24-12-4-2-1-3-5-12/h1-8,10,22H,9H2. The summed E-state index contributed by atoms with van der Waals surface area (Å²) in [4.78, 5) is 4.71. The fourth-order valence-corrected chi connectivity index (χ4v) is 3.01. The number of nitrogens with zero attached hydrogens (tertiary/aromatic N) is 1. The largest absolute Gasteiger partial charge is 0.455 e. The van der Waals surface area contributed by atoms with Gasteiger partial charge in [0.1, 0.15) is 5.75 Å². The first kappa shape index (κ1) is 17.6. The van der Waals surface area contributed by atoms with Crippen molar-refractivity contribution >= 4 is 28.6 Å². The summed E-state index contributed by atoms with van der Waals surface area (Å²) < 4.78 is 45.1. The molecule has 0 spiro atoms. The molecule has 8 heteroatoms. The summed E-state index contributed by atoms with van der Waals surface area (Å²) in [6.07, 6.45) is -2.86. The van der Waals surface area contributed by atoms with Crippen molar-refractivity contribution in [3.8, 4) is 11.5 Å². The third kappa shape index (κ3) is 4.64. The van der Waals surface area contributed by atoms with E-state index >= 15 is 0 Å². The SMILES string of the molecule is FC(F)(F)c1ccc(Oc2ccccc2)c(NCc2cnc(Cl)s2)c1. The molecule has 0 unspecified atom stereocenters. The molecule has 0 fully saturated rings. The lowest BCUT2D eigenvalue weighted by molar-refractivity contribution is -0.137. The number of hydrogen-bond donors (Lipinski definition) is 1. The molecule has 0 saturated heterocycles. The van der Waals surface area contributed by atoms with E-state index in [4.69, 9.17) is 16.3 Å². The Morgan fingerprint density at radius 3 is 2.52 bits per heavy atom. The number of para-hydroxylation sites is 1. The molecule has 0 aliphatic carbocycles. The normalized spacial score (nSPS) is 11.4. The maximum Gasteiger partial charge on any atom is 0.416 e. The molecule has 3 nitrogen and oxygen atoms in total. The van der Waals surface area contributed by atoms with E-state index in [0.717, 1.165) is 17.0 Å². The van der Waals surface area contributed by atoms with Gasteiger partial charge in [-0.1, -0.05) is 29.8 Å². The molecule has 1 aromatic heterocycles. The highest BCUT2D eigenvalue weighted by molar-refractivity contribution is 7.15. The van der Waals surface area contributed by atoms with Gasteiger partial charge in [-0.2, -0.15) is 13.2 Å². The maximum absolute atomic E-state index is 13.0. The molecular weight excluding hydrogens is 373 g/mol. The van der Waals surface area contributed by atoms with Crippen molar-refractivity contribution in [1.82, 2.24) is 4.98 Å². The third-order valence-electron chi connectivity index (χ3n) is 3.26. The molecule has 0 bridgehead atoms. The minimum Gasteiger partial charge on any atom is -0.455 e. The topological polar surface area (TPSA) is 34.1 Å². The van der Waals surface area contributed by atoms with Gasteiger partial charge in [-0.3, -0.25) is 0 Å². The van der Waals surface area contributed by atoms with Crippen molar-refractivity contribution in [3.63, 3.8) is 0 Å². The molecule has 25 heavy (non-hydrogen) atoms. The van der Waals surface area contributed by atoms with Crippen LogP contribution in [0.15, 0.2) is 54.7 Å². The summed E-state index contributed by atoms with van der Waals surface area (Å²) in [5, 5.41) is 2.96. The zero-order chi connectivity index (χ0) is 17.9. The van der Waals surface area contributed by atoms with Gasteiger partial charge < -0.3 is 10.1 Å². The van der Waals surface area contributed by atoms with Crippen LogP contribution in [0.5, 0.6) is 11.5 Å². The van der Waals surface area contributed by atoms with Gasteiger partial charge in [-0.15, -0.1) is 11.3 Å². The van der Waals surface area contributed by atoms with E-state index < -0.39 is 11.7 Å². The fraction of sp³-hybridized carbons (Fsp3) is 0.118. The van der Waals surface area contributed by atoms with Crippen LogP contribution in [0, 0.1) is 0 Å². The van der Waals surface area contributed by atoms with Crippen molar-refractivity contribution in [3.05, 3.63) is 69.6 Å². The highest BCUT2D eigenvalue weighted by Gasteiger charge is 2.31. The molecule has 130 valence electrons. The number of nitrogens with one attached hydrogen (secondary N) is 1. The first-order valence-corrected chi connectivity index (χ1v) is 8.39. The lowest BCUT2D eigenvalue weighted by atomic mass is 10.1. The Balaban J connectivity index is 1.87. The molecule has 0 radical (unpaired) electrons. The predicted molar refractivity (Wildman–Crippen MR) is 92.4 cm³/mol. The number of alkyl halides is 3. The quantitative estimate of drug-likeness (QED) is 0.567. The predicted octanol–water partition coefficient (Wildman–Crippen LogP) is 6.22. The van der Waals surface area contributed by atoms with E-state index in [-0.39, 0.29) is 12.2 Å². The summed E-state index contributed by atoms with van der Waals surface area (Å²) in [5.74, 6) is 0.834. The average molecular weight is 385 g/mol. The lowest BCUT2D eigenvalue weighted by Gasteiger charge is -2.15. The number of thiazole rings is 1. The van der Waals surface area contributed by atoms with Gasteiger partial charge in [0, 0.05) is 11.1 Å². The van der Waals surface area contributed by atoms with E-state index in [9.17, 15) is 13.2 Å². The number of hydrogen-bond acceptors (Lipinski definition) is 4. The third-order valence-corrected chi connectivity index (χ3v) is 4.37. The molecule has 0 saturated carbocycles. The summed E-state index contributed by atoms with van der Waals surface area (Å²) in [6.45, 7) is 0.289. The number of anilines is 1. The van der Waals surface area contributed by atoms with Crippen molar-refractivity contribution in [2.24, 2.45) is 0 Å². The first-order valence-electron chi connectivity index (χ1n) is 7.20. The minimum atomic E-state index is -4.44. The van der Waals surface area contributed by atoms with Gasteiger partial charge in [0.25, 0.3) is 0 Å². The number of aromatic nitrogens is 1. The van der Waals surface area contributed by atoms with E-state index in [2.05, 4.69) is 10.3 Å². The Morgan fingerprint density at radius 1 is 1.12 bits per heavy atom. The summed E-state index contributed by atoms with van der Waals surface area (Å²) in [7, 11) is 0. The average Bonchev–Trinajstić information content (AvgIpc) is 2.99. The first-order chi connectivity index (χ1) is 11.9. The highest BCUT2D eigenvalue weighted by Crippen LogP contribution is 2.37. The smallest absolute Gasteiger partial charge is 0.416 e. The molecule has 1 heterocycles. The van der Waals surface area contributed by atoms with Crippen LogP contribution < -0.4 is 10.1 Å². The number of rotatable bonds is 5. The van der Waals surface area contributed by atoms with E-state index in [1.54, 1.807) is 30.5 Å². The molecule has 0 aliphatic heterocycles. The fourth-order valence-electron chi connectivity index (χ4n) is 2.10. The van der Waals surface area contributed by atoms with Crippen LogP contribution in [0.3, 0.4) is 0 Å². The van der Waals surface area contributed by atoms with Gasteiger partial charge in [0.15, 0.2) is 10.2 Å². The van der Waals surface area contributed by atoms with Crippen LogP contribution in [0.1, 0.15) is 10.4 Å². The highest BCUT2D eigenvalue weighted by atomic mass is 35.5. The number of benzene rings is 2. The second-order valence-corrected chi connectivity index (χ2v) is 6.75. The van der Waals surface area contributed by atoms with Gasteiger partial charge in [0.2, 0.25) is 0 Å². The monoisotopic (exact) mass is 384 g/mol. The Kier molecular flexibility index (Phi) is 5.15. The maximum atomic E-state index is 13.0. The Labute approximate surface area is 151 Å². The summed E-state index contributed by atoms with van der Waals surface area (Å²) in [6, 6.07) is 12.2. The molecule has 3 rings (SSSR count). The van der Waals surface area contributed by atoms with Gasteiger partial charge in [-0.05, 0) is 30.3 Å². The molecule has 2 aromatic carbocycles. The molecule has 3 aromatic rings. The van der Waals surface area contributed by atoms with Crippen LogP contribution >= 0.6 is 22.9 Å². The molecule has 0 atom stereocenters. The second kappa shape index (κ2) is 7.33. The number of halogens is 4. The molecule has 1 N–H and O–H groups in total. The molecule has 0 aliphatic rings. The summed E-state index contributed by atoms with van der Waals surface area (Å²) in [5.41, 5.74) is -0.513. The van der Waals surface area contributed by atoms with Crippen molar-refractivity contribution in [2.45, 2.75) is 12.7 Å². The Bertz CT molecular complexity index is 853. The van der Waals surface area contributed by atoms with Crippen LogP contribution in [0.25, 0.3) is 0 Å². The van der Waals surface area contributed by atoms with Crippen LogP contribution in [-0.4, -0.2) is 4.98 Å². The van der Waals surface area contributed by atoms with Gasteiger partial charge in [-0.25, -0.2) is 4.98 Å². The van der Waals surface area contributed by atoms with Crippen LogP contribution in [-0.2, 0) is 12.7 Å². The lowest BCUT2D eigenvalue weighted by Crippen LogP contribution is -2.07. The van der Waals surface area contributed by atoms with Crippen LogP contribution in [0.2, 0.25) is 4.47 Å². The zero-order valence-electron chi connectivity index (χ0n) is 12.7. The van der Waals surface area contributed by atoms with Crippen LogP contribution in [0.4, 0.5) is 18.9 Å². The van der Waals surface area contributed by atoms with Gasteiger partial charge >= 0.3 is 6.18 Å². The van der Waals surface area contributed by atoms with E-state index in [0.29, 0.717) is 16.0 Å². The zero-order valence-corrected chi connectivity index (χ0v) is 14.3. The summed E-state index contributed by atoms with van der Waals surface area (Å²) >= 11 is 7.03. The number of ether oxygens (including phenoxy) is 1. The minimum absolute atomic E-state index is 0.239. The Hall–Kier alpha value is -2.25. The van der Waals surface area contributed by atoms with E-state index in [1.807, 2.05) is 6.07 Å². The molecular formula is C17H12ClF3N2OS. The van der Waals surface area contributed by atoms with Crippen molar-refractivity contribution in [2.75, 3.05) is 5.32 Å².